The lowest BCUT2D eigenvalue weighted by Crippen LogP contribution is -2.40. The maximum absolute atomic E-state index is 14.0. The molecule has 3 aromatic rings. The van der Waals surface area contributed by atoms with E-state index in [1.807, 2.05) is 11.0 Å². The van der Waals surface area contributed by atoms with Gasteiger partial charge in [-0.15, -0.1) is 13.2 Å². The van der Waals surface area contributed by atoms with Crippen LogP contribution in [0.2, 0.25) is 5.15 Å². The van der Waals surface area contributed by atoms with Crippen LogP contribution in [0.1, 0.15) is 18.4 Å². The topological polar surface area (TPSA) is 80.4 Å². The van der Waals surface area contributed by atoms with E-state index in [1.165, 1.54) is 10.6 Å². The number of hydrogen-bond acceptors (Lipinski definition) is 6. The molecule has 2 aromatic heterocycles. The summed E-state index contributed by atoms with van der Waals surface area (Å²) in [6.07, 6.45) is -4.46. The van der Waals surface area contributed by atoms with E-state index in [4.69, 9.17) is 16.3 Å². The summed E-state index contributed by atoms with van der Waals surface area (Å²) in [4.78, 5) is 18.9. The molecule has 3 heterocycles. The summed E-state index contributed by atoms with van der Waals surface area (Å²) in [5.41, 5.74) is 0.836. The Morgan fingerprint density at radius 3 is 2.53 bits per heavy atom. The summed E-state index contributed by atoms with van der Waals surface area (Å²) in [6.45, 7) is 0.793. The molecule has 0 atom stereocenters. The number of fused-ring (bicyclic) bond motifs is 1. The second-order valence-electron chi connectivity index (χ2n) is 7.65. The van der Waals surface area contributed by atoms with E-state index in [-0.39, 0.29) is 22.6 Å². The van der Waals surface area contributed by atoms with Crippen molar-refractivity contribution in [3.63, 3.8) is 0 Å². The Hall–Kier alpha value is -3.52. The zero-order valence-electron chi connectivity index (χ0n) is 17.7. The second kappa shape index (κ2) is 9.02. The molecule has 12 heteroatoms. The van der Waals surface area contributed by atoms with Gasteiger partial charge in [-0.25, -0.2) is 9.37 Å². The summed E-state index contributed by atoms with van der Waals surface area (Å²) in [7, 11) is 1.55. The first-order chi connectivity index (χ1) is 16.1. The Bertz CT molecular complexity index is 1350. The normalized spacial score (nSPS) is 14.8. The van der Waals surface area contributed by atoms with Gasteiger partial charge in [-0.3, -0.25) is 4.79 Å². The molecule has 1 aliphatic heterocycles. The van der Waals surface area contributed by atoms with Crippen molar-refractivity contribution in [3.05, 3.63) is 57.2 Å². The van der Waals surface area contributed by atoms with Gasteiger partial charge in [0.25, 0.3) is 5.56 Å². The molecule has 0 unspecified atom stereocenters. The molecule has 0 aliphatic carbocycles. The lowest BCUT2D eigenvalue weighted by atomic mass is 10.0. The van der Waals surface area contributed by atoms with Gasteiger partial charge in [0.05, 0.1) is 11.2 Å². The largest absolute Gasteiger partial charge is 0.573 e. The fourth-order valence-electron chi connectivity index (χ4n) is 3.93. The number of halogens is 5. The van der Waals surface area contributed by atoms with Gasteiger partial charge in [0.15, 0.2) is 11.6 Å². The summed E-state index contributed by atoms with van der Waals surface area (Å²) in [5, 5.41) is 9.87. The minimum Gasteiger partial charge on any atom is -0.490 e. The number of rotatable bonds is 4. The Balaban J connectivity index is 1.53. The molecule has 1 fully saturated rings. The van der Waals surface area contributed by atoms with Crippen LogP contribution in [0, 0.1) is 17.1 Å². The molecule has 34 heavy (non-hydrogen) atoms. The van der Waals surface area contributed by atoms with Crippen molar-refractivity contribution in [2.75, 3.05) is 18.0 Å². The lowest BCUT2D eigenvalue weighted by molar-refractivity contribution is -0.275. The summed E-state index contributed by atoms with van der Waals surface area (Å²) >= 11 is 6.07. The predicted octanol–water partition coefficient (Wildman–Crippen LogP) is 4.54. The molecule has 0 N–H and O–H groups in total. The summed E-state index contributed by atoms with van der Waals surface area (Å²) in [5.74, 6) is -2.07. The van der Waals surface area contributed by atoms with Crippen LogP contribution >= 0.6 is 11.6 Å². The monoisotopic (exact) mass is 496 g/mol. The zero-order valence-corrected chi connectivity index (χ0v) is 18.5. The molecule has 0 amide bonds. The number of alkyl halides is 3. The van der Waals surface area contributed by atoms with E-state index in [9.17, 15) is 27.6 Å². The molecule has 1 saturated heterocycles. The van der Waals surface area contributed by atoms with Gasteiger partial charge in [0.1, 0.15) is 34.2 Å². The van der Waals surface area contributed by atoms with E-state index >= 15 is 0 Å². The standard InChI is InChI=1S/C22H17ClF4N4O3/c1-30-16-3-5-18(23)29-19(16)20(14(11-28)21(30)32)31-8-6-12(7-9-31)33-13-2-4-17(15(24)10-13)34-22(25,26)27/h2-5,10,12H,6-9H2,1H3. The van der Waals surface area contributed by atoms with Crippen molar-refractivity contribution in [3.8, 4) is 17.6 Å². The van der Waals surface area contributed by atoms with Crippen LogP contribution in [0.3, 0.4) is 0 Å². The van der Waals surface area contributed by atoms with Crippen LogP contribution in [0.5, 0.6) is 11.5 Å². The minimum atomic E-state index is -5.00. The van der Waals surface area contributed by atoms with E-state index in [2.05, 4.69) is 9.72 Å². The third-order valence-corrected chi connectivity index (χ3v) is 5.69. The molecule has 0 radical (unpaired) electrons. The molecule has 1 aliphatic rings. The quantitative estimate of drug-likeness (QED) is 0.389. The summed E-state index contributed by atoms with van der Waals surface area (Å²) < 4.78 is 61.6. The van der Waals surface area contributed by atoms with E-state index in [0.717, 1.165) is 12.1 Å². The van der Waals surface area contributed by atoms with Gasteiger partial charge in [-0.2, -0.15) is 5.26 Å². The molecule has 7 nitrogen and oxygen atoms in total. The maximum atomic E-state index is 14.0. The van der Waals surface area contributed by atoms with Gasteiger partial charge in [-0.05, 0) is 24.3 Å². The number of aryl methyl sites for hydroxylation is 1. The number of pyridine rings is 2. The van der Waals surface area contributed by atoms with Crippen LogP contribution in [0.15, 0.2) is 35.1 Å². The van der Waals surface area contributed by atoms with Gasteiger partial charge in [0, 0.05) is 39.0 Å². The van der Waals surface area contributed by atoms with Crippen LogP contribution in [0.4, 0.5) is 23.2 Å². The Morgan fingerprint density at radius 1 is 1.21 bits per heavy atom. The highest BCUT2D eigenvalue weighted by atomic mass is 35.5. The number of nitrogens with zero attached hydrogens (tertiary/aromatic N) is 4. The lowest BCUT2D eigenvalue weighted by Gasteiger charge is -2.34. The highest BCUT2D eigenvalue weighted by molar-refractivity contribution is 6.29. The van der Waals surface area contributed by atoms with Crippen molar-refractivity contribution in [2.24, 2.45) is 7.05 Å². The van der Waals surface area contributed by atoms with Gasteiger partial charge in [0.2, 0.25) is 0 Å². The fraction of sp³-hybridized carbons (Fsp3) is 0.318. The molecule has 4 rings (SSSR count). The molecule has 0 saturated carbocycles. The van der Waals surface area contributed by atoms with Gasteiger partial charge < -0.3 is 18.9 Å². The van der Waals surface area contributed by atoms with Crippen LogP contribution in [-0.2, 0) is 7.05 Å². The van der Waals surface area contributed by atoms with Crippen LogP contribution in [-0.4, -0.2) is 35.1 Å². The first-order valence-corrected chi connectivity index (χ1v) is 10.5. The van der Waals surface area contributed by atoms with E-state index in [0.29, 0.717) is 42.7 Å². The third-order valence-electron chi connectivity index (χ3n) is 5.48. The van der Waals surface area contributed by atoms with E-state index < -0.39 is 23.5 Å². The maximum Gasteiger partial charge on any atom is 0.573 e. The van der Waals surface area contributed by atoms with E-state index in [1.54, 1.807) is 19.2 Å². The van der Waals surface area contributed by atoms with Crippen molar-refractivity contribution >= 4 is 28.3 Å². The van der Waals surface area contributed by atoms with Crippen LogP contribution < -0.4 is 19.9 Å². The van der Waals surface area contributed by atoms with Crippen molar-refractivity contribution in [1.82, 2.24) is 9.55 Å². The zero-order chi connectivity index (χ0) is 24.6. The second-order valence-corrected chi connectivity index (χ2v) is 8.03. The SMILES string of the molecule is Cn1c(=O)c(C#N)c(N2CCC(Oc3ccc(OC(F)(F)F)c(F)c3)CC2)c2nc(Cl)ccc21. The minimum absolute atomic E-state index is 0.0496. The Labute approximate surface area is 195 Å². The Kier molecular flexibility index (Phi) is 6.27. The molecular formula is C22H17ClF4N4O3. The van der Waals surface area contributed by atoms with Gasteiger partial charge in [-0.1, -0.05) is 11.6 Å². The average Bonchev–Trinajstić information content (AvgIpc) is 2.78. The molecular weight excluding hydrogens is 480 g/mol. The first kappa shape index (κ1) is 23.6. The fourth-order valence-corrected chi connectivity index (χ4v) is 4.08. The predicted molar refractivity (Wildman–Crippen MR) is 116 cm³/mol. The highest BCUT2D eigenvalue weighted by Gasteiger charge is 2.32. The molecule has 0 spiro atoms. The number of aromatic nitrogens is 2. The number of ether oxygens (including phenoxy) is 2. The Morgan fingerprint density at radius 2 is 1.91 bits per heavy atom. The van der Waals surface area contributed by atoms with Crippen molar-refractivity contribution < 1.29 is 27.0 Å². The number of piperidine rings is 1. The molecule has 178 valence electrons. The highest BCUT2D eigenvalue weighted by Crippen LogP contribution is 2.32. The first-order valence-electron chi connectivity index (χ1n) is 10.1. The number of nitriles is 1. The van der Waals surface area contributed by atoms with Gasteiger partial charge >= 0.3 is 6.36 Å². The third kappa shape index (κ3) is 4.72. The molecule has 0 bridgehead atoms. The summed E-state index contributed by atoms with van der Waals surface area (Å²) in [6, 6.07) is 8.08. The van der Waals surface area contributed by atoms with Crippen molar-refractivity contribution in [1.29, 1.82) is 5.26 Å². The number of anilines is 1. The smallest absolute Gasteiger partial charge is 0.490 e. The number of hydrogen-bond donors (Lipinski definition) is 0. The van der Waals surface area contributed by atoms with Crippen LogP contribution in [0.25, 0.3) is 11.0 Å². The number of benzene rings is 1. The average molecular weight is 497 g/mol. The molecule has 1 aromatic carbocycles. The van der Waals surface area contributed by atoms with Crippen molar-refractivity contribution in [2.45, 2.75) is 25.3 Å².